The Kier molecular flexibility index (Phi) is 4.95. The lowest BCUT2D eigenvalue weighted by Crippen LogP contribution is -1.96. The molecule has 0 radical (unpaired) electrons. The van der Waals surface area contributed by atoms with Gasteiger partial charge in [-0.2, -0.15) is 0 Å². The largest absolute Gasteiger partial charge is 0.256 e. The minimum Gasteiger partial charge on any atom is -0.256 e. The van der Waals surface area contributed by atoms with Gasteiger partial charge in [0, 0.05) is 6.21 Å². The van der Waals surface area contributed by atoms with Gasteiger partial charge in [-0.25, -0.2) is 0 Å². The van der Waals surface area contributed by atoms with E-state index in [1.807, 2.05) is 6.21 Å². The number of nitrogens with zero attached hydrogens (tertiary/aromatic N) is 1. The first kappa shape index (κ1) is 15.5. The van der Waals surface area contributed by atoms with Crippen LogP contribution in [-0.2, 0) is 0 Å². The summed E-state index contributed by atoms with van der Waals surface area (Å²) in [6, 6.07) is 14.9. The average Bonchev–Trinajstić information content (AvgIpc) is 2.45. The van der Waals surface area contributed by atoms with Crippen LogP contribution in [0.2, 0.25) is 0 Å². The normalized spacial score (nSPS) is 11.8. The number of rotatable bonds is 4. The number of aryl methyl sites for hydroxylation is 1. The van der Waals surface area contributed by atoms with Gasteiger partial charge in [0.15, 0.2) is 0 Å². The molecule has 0 atom stereocenters. The van der Waals surface area contributed by atoms with Crippen LogP contribution in [0.3, 0.4) is 0 Å². The molecule has 1 nitrogen and oxygen atoms in total. The maximum atomic E-state index is 4.85. The molecule has 21 heavy (non-hydrogen) atoms. The minimum atomic E-state index is 0.479. The highest BCUT2D eigenvalue weighted by atomic mass is 14.7. The Hall–Kier alpha value is -1.89. The van der Waals surface area contributed by atoms with Gasteiger partial charge in [-0.05, 0) is 41.0 Å². The van der Waals surface area contributed by atoms with Gasteiger partial charge < -0.3 is 0 Å². The van der Waals surface area contributed by atoms with Crippen molar-refractivity contribution in [1.82, 2.24) is 0 Å². The number of benzene rings is 2. The van der Waals surface area contributed by atoms with E-state index in [9.17, 15) is 0 Å². The van der Waals surface area contributed by atoms with Crippen LogP contribution < -0.4 is 0 Å². The molecule has 0 aromatic heterocycles. The topological polar surface area (TPSA) is 12.4 Å². The highest BCUT2D eigenvalue weighted by Gasteiger charge is 2.12. The van der Waals surface area contributed by atoms with E-state index < -0.39 is 0 Å². The van der Waals surface area contributed by atoms with Crippen LogP contribution >= 0.6 is 0 Å². The van der Waals surface area contributed by atoms with E-state index in [1.165, 1.54) is 22.3 Å². The molecule has 0 aliphatic rings. The molecule has 0 fully saturated rings. The number of hydrogen-bond donors (Lipinski definition) is 0. The Morgan fingerprint density at radius 2 is 1.38 bits per heavy atom. The van der Waals surface area contributed by atoms with Gasteiger partial charge in [-0.3, -0.25) is 4.99 Å². The molecule has 110 valence electrons. The van der Waals surface area contributed by atoms with Crippen molar-refractivity contribution >= 4 is 11.9 Å². The van der Waals surface area contributed by atoms with Gasteiger partial charge in [-0.1, -0.05) is 70.2 Å². The minimum absolute atomic E-state index is 0.479. The van der Waals surface area contributed by atoms with Crippen LogP contribution in [0.1, 0.15) is 61.8 Å². The molecule has 0 spiro atoms. The molecule has 2 aromatic carbocycles. The molecule has 0 heterocycles. The fourth-order valence-corrected chi connectivity index (χ4v) is 2.53. The third-order valence-corrected chi connectivity index (χ3v) is 3.86. The van der Waals surface area contributed by atoms with Crippen LogP contribution in [-0.4, -0.2) is 6.21 Å². The van der Waals surface area contributed by atoms with Crippen molar-refractivity contribution in [2.45, 2.75) is 46.5 Å². The molecule has 0 aliphatic heterocycles. The van der Waals surface area contributed by atoms with Crippen molar-refractivity contribution in [1.29, 1.82) is 0 Å². The van der Waals surface area contributed by atoms with Crippen molar-refractivity contribution < 1.29 is 0 Å². The van der Waals surface area contributed by atoms with E-state index in [0.717, 1.165) is 5.69 Å². The summed E-state index contributed by atoms with van der Waals surface area (Å²) < 4.78 is 0. The van der Waals surface area contributed by atoms with Crippen LogP contribution in [0.15, 0.2) is 47.5 Å². The zero-order chi connectivity index (χ0) is 15.4. The summed E-state index contributed by atoms with van der Waals surface area (Å²) in [6.07, 6.45) is 2.00. The molecule has 0 saturated heterocycles. The smallest absolute Gasteiger partial charge is 0.0699 e. The number of aliphatic imine (C=N–C) groups is 1. The summed E-state index contributed by atoms with van der Waals surface area (Å²) in [7, 11) is 0. The first-order chi connectivity index (χ1) is 10.0. The van der Waals surface area contributed by atoms with E-state index in [0.29, 0.717) is 11.8 Å². The van der Waals surface area contributed by atoms with E-state index in [4.69, 9.17) is 4.99 Å². The molecule has 0 N–H and O–H groups in total. The van der Waals surface area contributed by atoms with E-state index in [1.54, 1.807) is 0 Å². The standard InChI is InChI=1S/C20H25N/c1-14(2)18-11-8-12-19(15(3)4)20(18)21-13-17-10-7-6-9-16(17)5/h6-15H,1-5H3. The van der Waals surface area contributed by atoms with Crippen molar-refractivity contribution in [3.8, 4) is 0 Å². The van der Waals surface area contributed by atoms with Gasteiger partial charge in [0.1, 0.15) is 0 Å². The maximum absolute atomic E-state index is 4.85. The Bertz CT molecular complexity index is 610. The molecule has 0 unspecified atom stereocenters. The lowest BCUT2D eigenvalue weighted by atomic mass is 9.93. The number of hydrogen-bond acceptors (Lipinski definition) is 1. The first-order valence-electron chi connectivity index (χ1n) is 7.73. The van der Waals surface area contributed by atoms with Crippen LogP contribution in [0, 0.1) is 6.92 Å². The van der Waals surface area contributed by atoms with E-state index in [2.05, 4.69) is 77.1 Å². The second-order valence-corrected chi connectivity index (χ2v) is 6.21. The lowest BCUT2D eigenvalue weighted by Gasteiger charge is -2.16. The summed E-state index contributed by atoms with van der Waals surface area (Å²) in [5.74, 6) is 0.959. The average molecular weight is 279 g/mol. The van der Waals surface area contributed by atoms with Crippen LogP contribution in [0.25, 0.3) is 0 Å². The second-order valence-electron chi connectivity index (χ2n) is 6.21. The lowest BCUT2D eigenvalue weighted by molar-refractivity contribution is 0.835. The Morgan fingerprint density at radius 3 is 1.90 bits per heavy atom. The predicted molar refractivity (Wildman–Crippen MR) is 93.1 cm³/mol. The van der Waals surface area contributed by atoms with E-state index in [-0.39, 0.29) is 0 Å². The Balaban J connectivity index is 2.49. The van der Waals surface area contributed by atoms with Gasteiger partial charge in [0.25, 0.3) is 0 Å². The predicted octanol–water partition coefficient (Wildman–Crippen LogP) is 5.99. The zero-order valence-electron chi connectivity index (χ0n) is 13.7. The zero-order valence-corrected chi connectivity index (χ0v) is 13.7. The van der Waals surface area contributed by atoms with Crippen molar-refractivity contribution in [3.05, 3.63) is 64.7 Å². The molecule has 0 aliphatic carbocycles. The van der Waals surface area contributed by atoms with Gasteiger partial charge in [-0.15, -0.1) is 0 Å². The monoisotopic (exact) mass is 279 g/mol. The molecule has 2 rings (SSSR count). The fourth-order valence-electron chi connectivity index (χ4n) is 2.53. The SMILES string of the molecule is Cc1ccccc1C=Nc1c(C(C)C)cccc1C(C)C. The quantitative estimate of drug-likeness (QED) is 0.609. The molecule has 0 saturated carbocycles. The Labute approximate surface area is 128 Å². The summed E-state index contributed by atoms with van der Waals surface area (Å²) in [5, 5.41) is 0. The highest BCUT2D eigenvalue weighted by Crippen LogP contribution is 2.34. The molecular weight excluding hydrogens is 254 g/mol. The third-order valence-electron chi connectivity index (χ3n) is 3.86. The van der Waals surface area contributed by atoms with Crippen molar-refractivity contribution in [2.75, 3.05) is 0 Å². The molecule has 0 bridgehead atoms. The second kappa shape index (κ2) is 6.71. The fraction of sp³-hybridized carbons (Fsp3) is 0.350. The first-order valence-corrected chi connectivity index (χ1v) is 7.73. The highest BCUT2D eigenvalue weighted by molar-refractivity contribution is 5.84. The molecule has 1 heteroatoms. The van der Waals surface area contributed by atoms with Gasteiger partial charge in [0.05, 0.1) is 5.69 Å². The number of para-hydroxylation sites is 1. The maximum Gasteiger partial charge on any atom is 0.0699 e. The summed E-state index contributed by atoms with van der Waals surface area (Å²) in [4.78, 5) is 4.85. The van der Waals surface area contributed by atoms with Gasteiger partial charge >= 0.3 is 0 Å². The van der Waals surface area contributed by atoms with Gasteiger partial charge in [0.2, 0.25) is 0 Å². The summed E-state index contributed by atoms with van der Waals surface area (Å²) in [6.45, 7) is 11.0. The van der Waals surface area contributed by atoms with Crippen LogP contribution in [0.5, 0.6) is 0 Å². The van der Waals surface area contributed by atoms with Crippen molar-refractivity contribution in [3.63, 3.8) is 0 Å². The molecule has 2 aromatic rings. The summed E-state index contributed by atoms with van der Waals surface area (Å²) in [5.41, 5.74) is 6.24. The van der Waals surface area contributed by atoms with E-state index >= 15 is 0 Å². The van der Waals surface area contributed by atoms with Crippen molar-refractivity contribution in [2.24, 2.45) is 4.99 Å². The summed E-state index contributed by atoms with van der Waals surface area (Å²) >= 11 is 0. The third kappa shape index (κ3) is 3.60. The Morgan fingerprint density at radius 1 is 0.810 bits per heavy atom. The molecule has 0 amide bonds. The molecular formula is C20H25N. The van der Waals surface area contributed by atoms with Crippen LogP contribution in [0.4, 0.5) is 5.69 Å².